The van der Waals surface area contributed by atoms with Crippen LogP contribution in [0.1, 0.15) is 26.5 Å². The lowest BCUT2D eigenvalue weighted by Gasteiger charge is -2.17. The third-order valence-corrected chi connectivity index (χ3v) is 4.92. The maximum atomic E-state index is 12.3. The van der Waals surface area contributed by atoms with E-state index in [1.807, 2.05) is 0 Å². The molecule has 2 heterocycles. The van der Waals surface area contributed by atoms with Crippen LogP contribution < -0.4 is 10.2 Å². The van der Waals surface area contributed by atoms with Gasteiger partial charge in [-0.1, -0.05) is 11.3 Å². The number of nitrogens with one attached hydrogen (secondary N) is 2. The van der Waals surface area contributed by atoms with Crippen LogP contribution in [0.2, 0.25) is 0 Å². The number of nitrogens with zero attached hydrogens (tertiary/aromatic N) is 2. The van der Waals surface area contributed by atoms with Gasteiger partial charge in [-0.15, -0.1) is 0 Å². The van der Waals surface area contributed by atoms with Gasteiger partial charge in [-0.2, -0.15) is 0 Å². The molecule has 1 atom stereocenters. The van der Waals surface area contributed by atoms with Gasteiger partial charge in [-0.3, -0.25) is 20.2 Å². The van der Waals surface area contributed by atoms with Gasteiger partial charge in [0.1, 0.15) is 6.54 Å². The summed E-state index contributed by atoms with van der Waals surface area (Å²) >= 11 is 1.50. The number of anilines is 1. The lowest BCUT2D eigenvalue weighted by Crippen LogP contribution is -3.08. The first-order valence-electron chi connectivity index (χ1n) is 7.30. The molecule has 1 aromatic carbocycles. The largest absolute Gasteiger partial charge is 0.333 e. The number of nitro groups is 1. The first-order valence-corrected chi connectivity index (χ1v) is 8.12. The highest BCUT2D eigenvalue weighted by Crippen LogP contribution is 2.25. The predicted molar refractivity (Wildman–Crippen MR) is 87.1 cm³/mol. The summed E-state index contributed by atoms with van der Waals surface area (Å²) in [5, 5.41) is 14.2. The van der Waals surface area contributed by atoms with Gasteiger partial charge in [0.2, 0.25) is 0 Å². The number of carbonyl (C=O) groups is 1. The summed E-state index contributed by atoms with van der Waals surface area (Å²) < 4.78 is 0. The molecule has 1 unspecified atom stereocenters. The lowest BCUT2D eigenvalue weighted by molar-refractivity contribution is -0.895. The molecule has 8 heteroatoms. The summed E-state index contributed by atoms with van der Waals surface area (Å²) in [5.74, 6) is -0.296. The van der Waals surface area contributed by atoms with E-state index in [-0.39, 0.29) is 11.6 Å². The van der Waals surface area contributed by atoms with E-state index in [0.29, 0.717) is 16.3 Å². The normalized spacial score (nSPS) is 16.7. The quantitative estimate of drug-likeness (QED) is 0.652. The number of fused-ring (bicyclic) bond motifs is 1. The Balaban J connectivity index is 1.77. The number of nitro benzene ring substituents is 1. The van der Waals surface area contributed by atoms with Gasteiger partial charge in [0.15, 0.2) is 5.13 Å². The minimum absolute atomic E-state index is 0.0114. The molecule has 0 saturated heterocycles. The number of aromatic nitrogens is 1. The zero-order valence-electron chi connectivity index (χ0n) is 12.9. The number of carbonyl (C=O) groups excluding carboxylic acids is 1. The van der Waals surface area contributed by atoms with Crippen LogP contribution in [0.3, 0.4) is 0 Å². The SMILES string of the molecule is Cc1cc(C(=O)Nc2nc3c(s2)C[NH+](C)CC3)ccc1[N+](=O)[O-]. The van der Waals surface area contributed by atoms with Crippen molar-refractivity contribution >= 4 is 28.1 Å². The number of quaternary nitrogens is 1. The Kier molecular flexibility index (Phi) is 4.10. The Hall–Kier alpha value is -2.32. The minimum Gasteiger partial charge on any atom is -0.333 e. The predicted octanol–water partition coefficient (Wildman–Crippen LogP) is 1.18. The second kappa shape index (κ2) is 6.05. The Morgan fingerprint density at radius 1 is 1.48 bits per heavy atom. The number of hydrogen-bond donors (Lipinski definition) is 2. The number of hydrogen-bond acceptors (Lipinski definition) is 5. The van der Waals surface area contributed by atoms with Gasteiger partial charge in [0, 0.05) is 23.6 Å². The lowest BCUT2D eigenvalue weighted by atomic mass is 10.1. The Morgan fingerprint density at radius 3 is 2.96 bits per heavy atom. The van der Waals surface area contributed by atoms with E-state index in [1.54, 1.807) is 6.92 Å². The fourth-order valence-corrected chi connectivity index (χ4v) is 3.75. The topological polar surface area (TPSA) is 89.6 Å². The Bertz CT molecular complexity index is 787. The molecule has 0 bridgehead atoms. The van der Waals surface area contributed by atoms with Crippen molar-refractivity contribution in [3.63, 3.8) is 0 Å². The maximum absolute atomic E-state index is 12.3. The summed E-state index contributed by atoms with van der Waals surface area (Å²) in [6.45, 7) is 3.60. The van der Waals surface area contributed by atoms with Crippen LogP contribution >= 0.6 is 11.3 Å². The van der Waals surface area contributed by atoms with E-state index < -0.39 is 4.92 Å². The van der Waals surface area contributed by atoms with Crippen molar-refractivity contribution in [3.05, 3.63) is 50.0 Å². The maximum Gasteiger partial charge on any atom is 0.272 e. The van der Waals surface area contributed by atoms with Gasteiger partial charge in [-0.25, -0.2) is 4.98 Å². The second-order valence-electron chi connectivity index (χ2n) is 5.74. The molecule has 120 valence electrons. The zero-order valence-corrected chi connectivity index (χ0v) is 13.7. The molecule has 0 radical (unpaired) electrons. The van der Waals surface area contributed by atoms with Crippen LogP contribution in [-0.2, 0) is 13.0 Å². The molecule has 7 nitrogen and oxygen atoms in total. The van der Waals surface area contributed by atoms with Crippen LogP contribution in [0.25, 0.3) is 0 Å². The minimum atomic E-state index is -0.454. The monoisotopic (exact) mass is 333 g/mol. The number of aryl methyl sites for hydroxylation is 1. The van der Waals surface area contributed by atoms with E-state index in [1.165, 1.54) is 39.3 Å². The molecular weight excluding hydrogens is 316 g/mol. The first kappa shape index (κ1) is 15.6. The summed E-state index contributed by atoms with van der Waals surface area (Å²) in [7, 11) is 2.14. The summed E-state index contributed by atoms with van der Waals surface area (Å²) in [6, 6.07) is 4.35. The molecule has 1 aliphatic rings. The van der Waals surface area contributed by atoms with Crippen molar-refractivity contribution in [1.29, 1.82) is 0 Å². The molecule has 1 aliphatic heterocycles. The van der Waals surface area contributed by atoms with Gasteiger partial charge in [0.05, 0.1) is 29.1 Å². The Labute approximate surface area is 137 Å². The van der Waals surface area contributed by atoms with E-state index in [9.17, 15) is 14.9 Å². The molecule has 1 amide bonds. The van der Waals surface area contributed by atoms with Crippen molar-refractivity contribution in [3.8, 4) is 0 Å². The van der Waals surface area contributed by atoms with Crippen LogP contribution in [-0.4, -0.2) is 29.4 Å². The number of benzene rings is 1. The van der Waals surface area contributed by atoms with Gasteiger partial charge < -0.3 is 4.90 Å². The second-order valence-corrected chi connectivity index (χ2v) is 6.82. The van der Waals surface area contributed by atoms with Crippen LogP contribution in [0.15, 0.2) is 18.2 Å². The van der Waals surface area contributed by atoms with Crippen LogP contribution in [0.5, 0.6) is 0 Å². The highest BCUT2D eigenvalue weighted by atomic mass is 32.1. The van der Waals surface area contributed by atoms with Crippen molar-refractivity contribution in [1.82, 2.24) is 4.98 Å². The van der Waals surface area contributed by atoms with Crippen molar-refractivity contribution < 1.29 is 14.6 Å². The fraction of sp³-hybridized carbons (Fsp3) is 0.333. The summed E-state index contributed by atoms with van der Waals surface area (Å²) in [4.78, 5) is 29.8. The standard InChI is InChI=1S/C15H16N4O3S/c1-9-7-10(3-4-12(9)19(21)22)14(20)17-15-16-11-5-6-18(2)8-13(11)23-15/h3-4,7H,5-6,8H2,1-2H3,(H,16,17,20)/p+1. The molecule has 2 aromatic rings. The molecule has 0 fully saturated rings. The van der Waals surface area contributed by atoms with Crippen molar-refractivity contribution in [2.75, 3.05) is 18.9 Å². The van der Waals surface area contributed by atoms with Gasteiger partial charge in [-0.05, 0) is 19.1 Å². The first-order chi connectivity index (χ1) is 10.9. The molecule has 2 N–H and O–H groups in total. The van der Waals surface area contributed by atoms with Gasteiger partial charge in [0.25, 0.3) is 11.6 Å². The average molecular weight is 333 g/mol. The molecule has 1 aromatic heterocycles. The van der Waals surface area contributed by atoms with E-state index >= 15 is 0 Å². The highest BCUT2D eigenvalue weighted by Gasteiger charge is 2.22. The molecule has 3 rings (SSSR count). The van der Waals surface area contributed by atoms with Crippen molar-refractivity contribution in [2.24, 2.45) is 0 Å². The van der Waals surface area contributed by atoms with E-state index in [4.69, 9.17) is 0 Å². The smallest absolute Gasteiger partial charge is 0.272 e. The highest BCUT2D eigenvalue weighted by molar-refractivity contribution is 7.15. The fourth-order valence-electron chi connectivity index (χ4n) is 2.64. The van der Waals surface area contributed by atoms with Crippen molar-refractivity contribution in [2.45, 2.75) is 19.9 Å². The van der Waals surface area contributed by atoms with Gasteiger partial charge >= 0.3 is 0 Å². The zero-order chi connectivity index (χ0) is 16.6. The molecule has 0 saturated carbocycles. The number of amides is 1. The van der Waals surface area contributed by atoms with E-state index in [0.717, 1.165) is 25.2 Å². The molecular formula is C15H17N4O3S+. The summed E-state index contributed by atoms with van der Waals surface area (Å²) in [5.41, 5.74) is 1.93. The third-order valence-electron chi connectivity index (χ3n) is 3.91. The Morgan fingerprint density at radius 2 is 2.26 bits per heavy atom. The number of thiazole rings is 1. The molecule has 23 heavy (non-hydrogen) atoms. The average Bonchev–Trinajstić information content (AvgIpc) is 2.87. The van der Waals surface area contributed by atoms with E-state index in [2.05, 4.69) is 17.3 Å². The summed E-state index contributed by atoms with van der Waals surface area (Å²) in [6.07, 6.45) is 0.921. The number of rotatable bonds is 3. The van der Waals surface area contributed by atoms with Crippen LogP contribution in [0, 0.1) is 17.0 Å². The molecule has 0 spiro atoms. The molecule has 0 aliphatic carbocycles. The third kappa shape index (κ3) is 3.22. The van der Waals surface area contributed by atoms with Crippen LogP contribution in [0.4, 0.5) is 10.8 Å². The number of likely N-dealkylation sites (N-methyl/N-ethyl adjacent to an activating group) is 1.